The molecule has 1 amide bonds. The lowest BCUT2D eigenvalue weighted by Gasteiger charge is -2.34. The van der Waals surface area contributed by atoms with Gasteiger partial charge in [-0.15, -0.1) is 24.0 Å². The molecule has 1 saturated heterocycles. The lowest BCUT2D eigenvalue weighted by molar-refractivity contribution is -0.119. The highest BCUT2D eigenvalue weighted by Crippen LogP contribution is 2.19. The van der Waals surface area contributed by atoms with E-state index in [0.717, 1.165) is 44.9 Å². The van der Waals surface area contributed by atoms with Crippen molar-refractivity contribution >= 4 is 35.8 Å². The lowest BCUT2D eigenvalue weighted by atomic mass is 9.95. The number of ether oxygens (including phenoxy) is 2. The van der Waals surface area contributed by atoms with Crippen molar-refractivity contribution < 1.29 is 14.3 Å². The molecule has 1 atom stereocenters. The van der Waals surface area contributed by atoms with Gasteiger partial charge in [-0.2, -0.15) is 0 Å². The molecule has 0 bridgehead atoms. The summed E-state index contributed by atoms with van der Waals surface area (Å²) in [5, 5.41) is 3.35. The number of nitrogens with zero attached hydrogens (tertiary/aromatic N) is 2. The quantitative estimate of drug-likeness (QED) is 0.239. The Bertz CT molecular complexity index is 356. The molecule has 0 aromatic heterocycles. The van der Waals surface area contributed by atoms with Gasteiger partial charge in [0.25, 0.3) is 0 Å². The standard InChI is InChI=1S/C15H30N4O3.HI/c1-17-15(18-6-4-8-22-10-9-21-2)19-7-3-5-13(12-19)11-14(16)20;/h13H,3-12H2,1-2H3,(H2,16,20)(H,17,18);1H. The van der Waals surface area contributed by atoms with E-state index in [2.05, 4.69) is 15.2 Å². The van der Waals surface area contributed by atoms with Crippen LogP contribution in [0.3, 0.4) is 0 Å². The van der Waals surface area contributed by atoms with E-state index >= 15 is 0 Å². The molecule has 1 aliphatic heterocycles. The maximum atomic E-state index is 11.1. The van der Waals surface area contributed by atoms with Crippen LogP contribution < -0.4 is 11.1 Å². The van der Waals surface area contributed by atoms with Gasteiger partial charge in [-0.3, -0.25) is 9.79 Å². The van der Waals surface area contributed by atoms with Crippen molar-refractivity contribution in [3.8, 4) is 0 Å². The molecule has 1 aliphatic rings. The third kappa shape index (κ3) is 9.98. The number of guanidine groups is 1. The van der Waals surface area contributed by atoms with Gasteiger partial charge in [0.15, 0.2) is 5.96 Å². The number of amides is 1. The van der Waals surface area contributed by atoms with Gasteiger partial charge in [0.05, 0.1) is 13.2 Å². The molecule has 0 saturated carbocycles. The zero-order valence-electron chi connectivity index (χ0n) is 14.3. The number of methoxy groups -OCH3 is 1. The molecule has 0 spiro atoms. The minimum Gasteiger partial charge on any atom is -0.382 e. The third-order valence-electron chi connectivity index (χ3n) is 3.70. The topological polar surface area (TPSA) is 89.2 Å². The summed E-state index contributed by atoms with van der Waals surface area (Å²) in [6.45, 7) is 4.59. The monoisotopic (exact) mass is 442 g/mol. The molecular formula is C15H31IN4O3. The summed E-state index contributed by atoms with van der Waals surface area (Å²) in [4.78, 5) is 17.6. The van der Waals surface area contributed by atoms with Crippen molar-refractivity contribution in [2.45, 2.75) is 25.7 Å². The normalized spacial score (nSPS) is 18.4. The Labute approximate surface area is 156 Å². The number of likely N-dealkylation sites (tertiary alicyclic amines) is 1. The first-order chi connectivity index (χ1) is 10.7. The number of rotatable bonds is 9. The summed E-state index contributed by atoms with van der Waals surface area (Å²) in [5.41, 5.74) is 5.30. The Balaban J connectivity index is 0.00000484. The Morgan fingerprint density at radius 2 is 2.17 bits per heavy atom. The average Bonchev–Trinajstić information content (AvgIpc) is 2.50. The van der Waals surface area contributed by atoms with Crippen molar-refractivity contribution in [2.75, 3.05) is 53.6 Å². The number of piperidine rings is 1. The smallest absolute Gasteiger partial charge is 0.217 e. The number of aliphatic imine (C=N–C) groups is 1. The fraction of sp³-hybridized carbons (Fsp3) is 0.867. The van der Waals surface area contributed by atoms with Crippen LogP contribution in [0.15, 0.2) is 4.99 Å². The van der Waals surface area contributed by atoms with Crippen LogP contribution in [0.25, 0.3) is 0 Å². The molecule has 1 unspecified atom stereocenters. The van der Waals surface area contributed by atoms with Crippen molar-refractivity contribution in [3.63, 3.8) is 0 Å². The first-order valence-electron chi connectivity index (χ1n) is 7.98. The third-order valence-corrected chi connectivity index (χ3v) is 3.70. The second-order valence-electron chi connectivity index (χ2n) is 5.56. The maximum absolute atomic E-state index is 11.1. The SMILES string of the molecule is CN=C(NCCCOCCOC)N1CCCC(CC(N)=O)C1.I. The number of hydrogen-bond acceptors (Lipinski definition) is 4. The molecule has 3 N–H and O–H groups in total. The molecule has 0 aromatic carbocycles. The van der Waals surface area contributed by atoms with Crippen molar-refractivity contribution in [1.82, 2.24) is 10.2 Å². The van der Waals surface area contributed by atoms with Crippen LogP contribution in [-0.2, 0) is 14.3 Å². The first-order valence-corrected chi connectivity index (χ1v) is 7.98. The highest BCUT2D eigenvalue weighted by molar-refractivity contribution is 14.0. The molecule has 1 fully saturated rings. The molecule has 136 valence electrons. The highest BCUT2D eigenvalue weighted by Gasteiger charge is 2.23. The summed E-state index contributed by atoms with van der Waals surface area (Å²) in [5.74, 6) is 1.01. The van der Waals surface area contributed by atoms with Gasteiger partial charge in [0.2, 0.25) is 5.91 Å². The Morgan fingerprint density at radius 3 is 2.83 bits per heavy atom. The molecule has 7 nitrogen and oxygen atoms in total. The minimum atomic E-state index is -0.219. The van der Waals surface area contributed by atoms with Gasteiger partial charge in [0.1, 0.15) is 0 Å². The van der Waals surface area contributed by atoms with E-state index in [1.54, 1.807) is 14.2 Å². The Kier molecular flexibility index (Phi) is 13.4. The largest absolute Gasteiger partial charge is 0.382 e. The van der Waals surface area contributed by atoms with Crippen LogP contribution in [0.1, 0.15) is 25.7 Å². The fourth-order valence-corrected chi connectivity index (χ4v) is 2.66. The molecule has 0 radical (unpaired) electrons. The van der Waals surface area contributed by atoms with Crippen LogP contribution in [0.2, 0.25) is 0 Å². The van der Waals surface area contributed by atoms with Crippen LogP contribution in [0, 0.1) is 5.92 Å². The van der Waals surface area contributed by atoms with Gasteiger partial charge < -0.3 is 25.4 Å². The van der Waals surface area contributed by atoms with Crippen LogP contribution in [0.5, 0.6) is 0 Å². The summed E-state index contributed by atoms with van der Waals surface area (Å²) >= 11 is 0. The summed E-state index contributed by atoms with van der Waals surface area (Å²) < 4.78 is 10.3. The molecule has 23 heavy (non-hydrogen) atoms. The van der Waals surface area contributed by atoms with Gasteiger partial charge >= 0.3 is 0 Å². The van der Waals surface area contributed by atoms with Gasteiger partial charge in [-0.05, 0) is 25.2 Å². The number of nitrogens with one attached hydrogen (secondary N) is 1. The van der Waals surface area contributed by atoms with Gasteiger partial charge in [0, 0.05) is 46.8 Å². The molecule has 1 rings (SSSR count). The second-order valence-corrected chi connectivity index (χ2v) is 5.56. The van der Waals surface area contributed by atoms with E-state index < -0.39 is 0 Å². The molecular weight excluding hydrogens is 411 g/mol. The second kappa shape index (κ2) is 13.8. The number of halogens is 1. The predicted molar refractivity (Wildman–Crippen MR) is 102 cm³/mol. The fourth-order valence-electron chi connectivity index (χ4n) is 2.66. The number of nitrogens with two attached hydrogens (primary N) is 1. The average molecular weight is 442 g/mol. The highest BCUT2D eigenvalue weighted by atomic mass is 127. The molecule has 8 heteroatoms. The van der Waals surface area contributed by atoms with E-state index in [4.69, 9.17) is 15.2 Å². The van der Waals surface area contributed by atoms with Gasteiger partial charge in [-0.1, -0.05) is 0 Å². The van der Waals surface area contributed by atoms with Crippen molar-refractivity contribution in [2.24, 2.45) is 16.6 Å². The number of carbonyl (C=O) groups is 1. The van der Waals surface area contributed by atoms with E-state index in [1.807, 2.05) is 0 Å². The van der Waals surface area contributed by atoms with E-state index in [1.165, 1.54) is 0 Å². The molecule has 0 aliphatic carbocycles. The van der Waals surface area contributed by atoms with E-state index in [9.17, 15) is 4.79 Å². The Morgan fingerprint density at radius 1 is 1.39 bits per heavy atom. The number of hydrogen-bond donors (Lipinski definition) is 2. The van der Waals surface area contributed by atoms with E-state index in [-0.39, 0.29) is 29.9 Å². The predicted octanol–water partition coefficient (Wildman–Crippen LogP) is 0.820. The van der Waals surface area contributed by atoms with E-state index in [0.29, 0.717) is 32.2 Å². The summed E-state index contributed by atoms with van der Waals surface area (Å²) in [7, 11) is 3.45. The summed E-state index contributed by atoms with van der Waals surface area (Å²) in [6.07, 6.45) is 3.50. The maximum Gasteiger partial charge on any atom is 0.217 e. The van der Waals surface area contributed by atoms with Crippen LogP contribution in [0.4, 0.5) is 0 Å². The zero-order chi connectivity index (χ0) is 16.2. The van der Waals surface area contributed by atoms with Crippen molar-refractivity contribution in [3.05, 3.63) is 0 Å². The van der Waals surface area contributed by atoms with Crippen LogP contribution >= 0.6 is 24.0 Å². The van der Waals surface area contributed by atoms with Gasteiger partial charge in [-0.25, -0.2) is 0 Å². The zero-order valence-corrected chi connectivity index (χ0v) is 16.6. The number of primary amides is 1. The Hall–Kier alpha value is -0.610. The van der Waals surface area contributed by atoms with Crippen LogP contribution in [-0.4, -0.2) is 70.4 Å². The summed E-state index contributed by atoms with van der Waals surface area (Å²) in [6, 6.07) is 0. The van der Waals surface area contributed by atoms with Crippen molar-refractivity contribution in [1.29, 1.82) is 0 Å². The first kappa shape index (κ1) is 22.4. The lowest BCUT2D eigenvalue weighted by Crippen LogP contribution is -2.47. The minimum absolute atomic E-state index is 0. The number of carbonyl (C=O) groups excluding carboxylic acids is 1. The molecule has 1 heterocycles. The molecule has 0 aromatic rings.